The van der Waals surface area contributed by atoms with Gasteiger partial charge in [-0.2, -0.15) is 5.10 Å². The molecular formula is C15H11BrCl2N2O2. The first kappa shape index (κ1) is 16.8. The van der Waals surface area contributed by atoms with Crippen molar-refractivity contribution in [1.82, 2.24) is 5.43 Å². The minimum Gasteiger partial charge on any atom is -0.494 e. The SMILES string of the molecule is COc1c(Cl)cc(/C=N\NC(=O)c2cccc(Br)c2)cc1Cl. The predicted octanol–water partition coefficient (Wildman–Crippen LogP) is 4.53. The van der Waals surface area contributed by atoms with Gasteiger partial charge in [0, 0.05) is 10.0 Å². The summed E-state index contributed by atoms with van der Waals surface area (Å²) in [5.41, 5.74) is 3.58. The molecule has 4 nitrogen and oxygen atoms in total. The third-order valence-electron chi connectivity index (χ3n) is 2.69. The first-order chi connectivity index (χ1) is 10.5. The van der Waals surface area contributed by atoms with Gasteiger partial charge < -0.3 is 4.74 Å². The molecule has 0 aliphatic heterocycles. The molecule has 0 saturated heterocycles. The summed E-state index contributed by atoms with van der Waals surface area (Å²) in [6.45, 7) is 0. The molecule has 0 saturated carbocycles. The number of hydrazone groups is 1. The van der Waals surface area contributed by atoms with Gasteiger partial charge in [0.15, 0.2) is 5.75 Å². The molecule has 2 aromatic carbocycles. The van der Waals surface area contributed by atoms with Crippen molar-refractivity contribution in [2.45, 2.75) is 0 Å². The van der Waals surface area contributed by atoms with Crippen LogP contribution in [0.3, 0.4) is 0 Å². The van der Waals surface area contributed by atoms with E-state index in [-0.39, 0.29) is 5.91 Å². The first-order valence-electron chi connectivity index (χ1n) is 6.13. The maximum Gasteiger partial charge on any atom is 0.271 e. The van der Waals surface area contributed by atoms with Crippen LogP contribution in [0.25, 0.3) is 0 Å². The number of nitrogens with zero attached hydrogens (tertiary/aromatic N) is 1. The Kier molecular flexibility index (Phi) is 5.83. The van der Waals surface area contributed by atoms with E-state index in [1.165, 1.54) is 13.3 Å². The molecule has 2 rings (SSSR count). The summed E-state index contributed by atoms with van der Waals surface area (Å²) in [4.78, 5) is 11.9. The van der Waals surface area contributed by atoms with Gasteiger partial charge in [-0.25, -0.2) is 5.43 Å². The molecule has 0 radical (unpaired) electrons. The number of carbonyl (C=O) groups excluding carboxylic acids is 1. The molecule has 0 heterocycles. The molecule has 0 fully saturated rings. The molecular weight excluding hydrogens is 391 g/mol. The van der Waals surface area contributed by atoms with Crippen molar-refractivity contribution in [3.63, 3.8) is 0 Å². The van der Waals surface area contributed by atoms with Crippen molar-refractivity contribution in [2.75, 3.05) is 7.11 Å². The van der Waals surface area contributed by atoms with E-state index in [9.17, 15) is 4.79 Å². The third kappa shape index (κ3) is 4.22. The second-order valence-electron chi connectivity index (χ2n) is 4.23. The Morgan fingerprint density at radius 1 is 1.27 bits per heavy atom. The summed E-state index contributed by atoms with van der Waals surface area (Å²) in [6, 6.07) is 10.3. The van der Waals surface area contributed by atoms with Gasteiger partial charge in [-0.15, -0.1) is 0 Å². The molecule has 0 spiro atoms. The normalized spacial score (nSPS) is 10.7. The second-order valence-corrected chi connectivity index (χ2v) is 5.96. The van der Waals surface area contributed by atoms with Crippen LogP contribution in [0.5, 0.6) is 5.75 Å². The quantitative estimate of drug-likeness (QED) is 0.604. The molecule has 2 aromatic rings. The Bertz CT molecular complexity index is 712. The van der Waals surface area contributed by atoms with E-state index >= 15 is 0 Å². The van der Waals surface area contributed by atoms with Gasteiger partial charge in [-0.1, -0.05) is 45.2 Å². The highest BCUT2D eigenvalue weighted by Gasteiger charge is 2.08. The van der Waals surface area contributed by atoms with Gasteiger partial charge in [0.05, 0.1) is 23.4 Å². The number of nitrogens with one attached hydrogen (secondary N) is 1. The van der Waals surface area contributed by atoms with Crippen LogP contribution in [0, 0.1) is 0 Å². The van der Waals surface area contributed by atoms with Gasteiger partial charge in [-0.05, 0) is 35.9 Å². The van der Waals surface area contributed by atoms with Crippen LogP contribution in [0.4, 0.5) is 0 Å². The highest BCUT2D eigenvalue weighted by Crippen LogP contribution is 2.33. The fraction of sp³-hybridized carbons (Fsp3) is 0.0667. The molecule has 1 amide bonds. The van der Waals surface area contributed by atoms with Gasteiger partial charge in [-0.3, -0.25) is 4.79 Å². The number of carbonyl (C=O) groups is 1. The molecule has 0 bridgehead atoms. The standard InChI is InChI=1S/C15H11BrCl2N2O2/c1-22-14-12(17)5-9(6-13(14)18)8-19-20-15(21)10-3-2-4-11(16)7-10/h2-8H,1H3,(H,20,21)/b19-8-. The fourth-order valence-corrected chi connectivity index (χ4v) is 2.77. The molecule has 114 valence electrons. The molecule has 7 heteroatoms. The van der Waals surface area contributed by atoms with Crippen LogP contribution >= 0.6 is 39.1 Å². The maximum atomic E-state index is 11.9. The molecule has 22 heavy (non-hydrogen) atoms. The number of rotatable bonds is 4. The molecule has 0 unspecified atom stereocenters. The Hall–Kier alpha value is -1.56. The molecule has 0 aromatic heterocycles. The lowest BCUT2D eigenvalue weighted by atomic mass is 10.2. The lowest BCUT2D eigenvalue weighted by molar-refractivity contribution is 0.0955. The largest absolute Gasteiger partial charge is 0.494 e. The van der Waals surface area contributed by atoms with Gasteiger partial charge in [0.2, 0.25) is 0 Å². The summed E-state index contributed by atoms with van der Waals surface area (Å²) in [5.74, 6) is 0.0851. The molecule has 0 atom stereocenters. The first-order valence-corrected chi connectivity index (χ1v) is 7.68. The van der Waals surface area contributed by atoms with Crippen molar-refractivity contribution in [3.8, 4) is 5.75 Å². The highest BCUT2D eigenvalue weighted by molar-refractivity contribution is 9.10. The average molecular weight is 402 g/mol. The predicted molar refractivity (Wildman–Crippen MR) is 92.2 cm³/mol. The van der Waals surface area contributed by atoms with E-state index in [2.05, 4.69) is 26.5 Å². The van der Waals surface area contributed by atoms with Crippen LogP contribution in [0.1, 0.15) is 15.9 Å². The zero-order chi connectivity index (χ0) is 16.1. The monoisotopic (exact) mass is 400 g/mol. The second kappa shape index (κ2) is 7.63. The minimum atomic E-state index is -0.316. The van der Waals surface area contributed by atoms with E-state index in [0.29, 0.717) is 26.9 Å². The lowest BCUT2D eigenvalue weighted by Crippen LogP contribution is -2.17. The highest BCUT2D eigenvalue weighted by atomic mass is 79.9. The Morgan fingerprint density at radius 3 is 2.55 bits per heavy atom. The van der Waals surface area contributed by atoms with E-state index in [1.807, 2.05) is 6.07 Å². The topological polar surface area (TPSA) is 50.7 Å². The van der Waals surface area contributed by atoms with Crippen molar-refractivity contribution in [3.05, 3.63) is 62.0 Å². The lowest BCUT2D eigenvalue weighted by Gasteiger charge is -2.06. The summed E-state index contributed by atoms with van der Waals surface area (Å²) < 4.78 is 5.88. The van der Waals surface area contributed by atoms with Crippen LogP contribution in [0.2, 0.25) is 10.0 Å². The number of methoxy groups -OCH3 is 1. The van der Waals surface area contributed by atoms with Crippen molar-refractivity contribution in [1.29, 1.82) is 0 Å². The molecule has 0 aliphatic rings. The van der Waals surface area contributed by atoms with Crippen molar-refractivity contribution in [2.24, 2.45) is 5.10 Å². The zero-order valence-corrected chi connectivity index (χ0v) is 14.5. The minimum absolute atomic E-state index is 0.316. The Labute approximate surface area is 146 Å². The van der Waals surface area contributed by atoms with Crippen molar-refractivity contribution < 1.29 is 9.53 Å². The van der Waals surface area contributed by atoms with Crippen LogP contribution in [-0.4, -0.2) is 19.2 Å². The fourth-order valence-electron chi connectivity index (χ4n) is 1.71. The van der Waals surface area contributed by atoms with Crippen molar-refractivity contribution >= 4 is 51.3 Å². The number of hydrogen-bond donors (Lipinski definition) is 1. The molecule has 0 aliphatic carbocycles. The van der Waals surface area contributed by atoms with E-state index in [1.54, 1.807) is 30.3 Å². The summed E-state index contributed by atoms with van der Waals surface area (Å²) in [5, 5.41) is 4.63. The summed E-state index contributed by atoms with van der Waals surface area (Å²) in [6.07, 6.45) is 1.45. The summed E-state index contributed by atoms with van der Waals surface area (Å²) in [7, 11) is 1.49. The number of benzene rings is 2. The third-order valence-corrected chi connectivity index (χ3v) is 3.75. The summed E-state index contributed by atoms with van der Waals surface area (Å²) >= 11 is 15.4. The molecule has 1 N–H and O–H groups in total. The zero-order valence-electron chi connectivity index (χ0n) is 11.4. The Balaban J connectivity index is 2.08. The van der Waals surface area contributed by atoms with Crippen LogP contribution in [0.15, 0.2) is 46.0 Å². The maximum absolute atomic E-state index is 11.9. The van der Waals surface area contributed by atoms with Crippen LogP contribution in [-0.2, 0) is 0 Å². The number of hydrogen-bond acceptors (Lipinski definition) is 3. The van der Waals surface area contributed by atoms with E-state index < -0.39 is 0 Å². The van der Waals surface area contributed by atoms with Gasteiger partial charge in [0.25, 0.3) is 5.91 Å². The van der Waals surface area contributed by atoms with E-state index in [0.717, 1.165) is 4.47 Å². The van der Waals surface area contributed by atoms with Gasteiger partial charge >= 0.3 is 0 Å². The number of halogens is 3. The number of amides is 1. The van der Waals surface area contributed by atoms with Crippen LogP contribution < -0.4 is 10.2 Å². The van der Waals surface area contributed by atoms with E-state index in [4.69, 9.17) is 27.9 Å². The van der Waals surface area contributed by atoms with Gasteiger partial charge in [0.1, 0.15) is 0 Å². The Morgan fingerprint density at radius 2 is 1.95 bits per heavy atom. The average Bonchev–Trinajstić information content (AvgIpc) is 2.47. The number of ether oxygens (including phenoxy) is 1. The smallest absolute Gasteiger partial charge is 0.271 e.